The van der Waals surface area contributed by atoms with Crippen molar-refractivity contribution in [2.45, 2.75) is 42.4 Å². The highest BCUT2D eigenvalue weighted by Gasteiger charge is 2.79. The van der Waals surface area contributed by atoms with Crippen LogP contribution in [0.1, 0.15) is 45.5 Å². The van der Waals surface area contributed by atoms with Crippen molar-refractivity contribution in [3.05, 3.63) is 64.2 Å². The molecule has 2 spiro atoms. The largest absolute Gasteiger partial charge is 0.502 e. The fraction of sp³-hybridized carbons (Fsp3) is 0.389. The third kappa shape index (κ3) is 2.62. The molecule has 5 aliphatic heterocycles. The van der Waals surface area contributed by atoms with Gasteiger partial charge in [-0.15, -0.1) is 0 Å². The molecule has 3 aromatic carbocycles. The minimum atomic E-state index is -1.10. The summed E-state index contributed by atoms with van der Waals surface area (Å²) in [5, 5.41) is 11.4. The molecular weight excluding hydrogens is 588 g/mol. The van der Waals surface area contributed by atoms with E-state index in [-0.39, 0.29) is 40.8 Å². The number of carbonyl (C=O) groups is 2. The van der Waals surface area contributed by atoms with Crippen LogP contribution < -0.4 is 23.7 Å². The fourth-order valence-electron chi connectivity index (χ4n) is 10.3. The summed E-state index contributed by atoms with van der Waals surface area (Å²) in [6, 6.07) is 10.7. The summed E-state index contributed by atoms with van der Waals surface area (Å²) in [5.74, 6) is 2.17. The molecule has 5 atom stereocenters. The number of hydrogen-bond acceptors (Lipinski definition) is 10. The number of rotatable bonds is 3. The third-order valence-electron chi connectivity index (χ3n) is 12.1. The number of phenols is 1. The molecular formula is C36H32N2O8. The van der Waals surface area contributed by atoms with Gasteiger partial charge in [0.05, 0.1) is 38.6 Å². The molecule has 0 aromatic heterocycles. The van der Waals surface area contributed by atoms with Gasteiger partial charge in [-0.2, -0.15) is 0 Å². The number of piperidine rings is 1. The van der Waals surface area contributed by atoms with Gasteiger partial charge >= 0.3 is 0 Å². The lowest BCUT2D eigenvalue weighted by Gasteiger charge is -2.51. The van der Waals surface area contributed by atoms with Crippen molar-refractivity contribution in [1.29, 1.82) is 0 Å². The number of carbonyl (C=O) groups excluding carboxylic acids is 2. The first-order valence-corrected chi connectivity index (χ1v) is 15.8. The molecule has 10 heteroatoms. The van der Waals surface area contributed by atoms with Gasteiger partial charge in [0.2, 0.25) is 5.75 Å². The number of benzene rings is 3. The second-order valence-electron chi connectivity index (χ2n) is 13.5. The molecule has 7 aliphatic rings. The number of ether oxygens (including phenoxy) is 5. The zero-order valence-electron chi connectivity index (χ0n) is 25.9. The monoisotopic (exact) mass is 620 g/mol. The van der Waals surface area contributed by atoms with Gasteiger partial charge in [0, 0.05) is 34.2 Å². The van der Waals surface area contributed by atoms with Crippen LogP contribution in [0, 0.1) is 5.92 Å². The van der Waals surface area contributed by atoms with E-state index in [0.29, 0.717) is 59.1 Å². The maximum absolute atomic E-state index is 15.7. The molecule has 2 bridgehead atoms. The summed E-state index contributed by atoms with van der Waals surface area (Å²) < 4.78 is 30.7. The van der Waals surface area contributed by atoms with E-state index in [1.54, 1.807) is 26.4 Å². The van der Waals surface area contributed by atoms with Crippen molar-refractivity contribution < 1.29 is 38.4 Å². The lowest BCUT2D eigenvalue weighted by atomic mass is 9.58. The van der Waals surface area contributed by atoms with E-state index in [9.17, 15) is 9.90 Å². The molecule has 0 radical (unpaired) electrons. The summed E-state index contributed by atoms with van der Waals surface area (Å²) in [5.41, 5.74) is 3.50. The lowest BCUT2D eigenvalue weighted by Crippen LogP contribution is -2.63. The Kier molecular flexibility index (Phi) is 4.82. The molecule has 10 rings (SSSR count). The van der Waals surface area contributed by atoms with E-state index in [1.807, 2.05) is 31.3 Å². The van der Waals surface area contributed by atoms with Crippen molar-refractivity contribution in [3.63, 3.8) is 0 Å². The van der Waals surface area contributed by atoms with E-state index >= 15 is 4.79 Å². The van der Waals surface area contributed by atoms with Crippen LogP contribution in [0.3, 0.4) is 0 Å². The standard InChI is InChI=1S/C36H32N2O8/c1-37-14-12-35-19-15-36(34(35)46-32-22(44-4)10-7-18(25(32)35)28(39)26(19)37)33(41)24-17-6-9-20(42-2)29(40)30(17)45-31-21(43-3)8-5-16-11-13-38(36)27(24)23(16)31/h5-10,19,26,34,40H,11-15H2,1-4H3/t19-,26-,34+,35-,36-/m0/s1. The number of fused-ring (bicyclic) bond motifs is 4. The van der Waals surface area contributed by atoms with Crippen LogP contribution in [0.2, 0.25) is 0 Å². The number of hydrogen-bond donors (Lipinski definition) is 1. The van der Waals surface area contributed by atoms with E-state index in [1.165, 1.54) is 7.11 Å². The zero-order chi connectivity index (χ0) is 31.4. The first-order chi connectivity index (χ1) is 22.3. The average molecular weight is 621 g/mol. The second-order valence-corrected chi connectivity index (χ2v) is 13.5. The van der Waals surface area contributed by atoms with Crippen LogP contribution >= 0.6 is 0 Å². The zero-order valence-corrected chi connectivity index (χ0v) is 25.9. The Balaban J connectivity index is 1.27. The molecule has 234 valence electrons. The highest BCUT2D eigenvalue weighted by Crippen LogP contribution is 2.72. The summed E-state index contributed by atoms with van der Waals surface area (Å²) in [6.07, 6.45) is 1.34. The first kappa shape index (κ1) is 26.5. The highest BCUT2D eigenvalue weighted by molar-refractivity contribution is 6.36. The summed E-state index contributed by atoms with van der Waals surface area (Å²) in [6.45, 7) is 1.30. The van der Waals surface area contributed by atoms with Gasteiger partial charge in [0.1, 0.15) is 11.6 Å². The number of likely N-dealkylation sites (N-methyl/N-ethyl adjacent to an activating group) is 1. The number of methoxy groups -OCH3 is 3. The molecule has 46 heavy (non-hydrogen) atoms. The number of likely N-dealkylation sites (tertiary alicyclic amines) is 1. The molecule has 0 amide bonds. The van der Waals surface area contributed by atoms with Crippen molar-refractivity contribution in [3.8, 4) is 40.2 Å². The minimum Gasteiger partial charge on any atom is -0.502 e. The fourth-order valence-corrected chi connectivity index (χ4v) is 10.3. The van der Waals surface area contributed by atoms with Crippen LogP contribution in [0.4, 0.5) is 0 Å². The van der Waals surface area contributed by atoms with Crippen molar-refractivity contribution in [2.75, 3.05) is 41.5 Å². The van der Waals surface area contributed by atoms with Crippen LogP contribution in [0.5, 0.6) is 40.2 Å². The predicted molar refractivity (Wildman–Crippen MR) is 165 cm³/mol. The molecule has 1 saturated heterocycles. The van der Waals surface area contributed by atoms with Crippen LogP contribution in [-0.2, 0) is 16.6 Å². The number of phenolic OH excluding ortho intramolecular Hbond substituents is 1. The summed E-state index contributed by atoms with van der Waals surface area (Å²) in [4.78, 5) is 34.4. The highest BCUT2D eigenvalue weighted by atomic mass is 16.5. The molecule has 1 saturated carbocycles. The van der Waals surface area contributed by atoms with Crippen LogP contribution in [0.25, 0.3) is 11.3 Å². The number of ketones is 2. The maximum atomic E-state index is 15.7. The van der Waals surface area contributed by atoms with Gasteiger partial charge in [0.15, 0.2) is 46.1 Å². The van der Waals surface area contributed by atoms with E-state index in [0.717, 1.165) is 35.4 Å². The molecule has 2 fully saturated rings. The number of aromatic hydroxyl groups is 1. The van der Waals surface area contributed by atoms with Gasteiger partial charge in [-0.1, -0.05) is 6.07 Å². The Morgan fingerprint density at radius 2 is 1.61 bits per heavy atom. The number of Topliss-reactive ketones (excluding diaryl/α,β-unsaturated/α-hetero) is 2. The molecule has 3 aromatic rings. The topological polar surface area (TPSA) is 107 Å². The van der Waals surface area contributed by atoms with Crippen LogP contribution in [-0.4, -0.2) is 85.6 Å². The Morgan fingerprint density at radius 3 is 2.39 bits per heavy atom. The van der Waals surface area contributed by atoms with Gasteiger partial charge in [-0.05, 0) is 74.7 Å². The smallest absolute Gasteiger partial charge is 0.202 e. The normalized spacial score (nSPS) is 30.4. The molecule has 5 heterocycles. The van der Waals surface area contributed by atoms with E-state index in [2.05, 4.69) is 9.80 Å². The molecule has 10 nitrogen and oxygen atoms in total. The van der Waals surface area contributed by atoms with Crippen molar-refractivity contribution >= 4 is 22.8 Å². The molecule has 2 aliphatic carbocycles. The Bertz CT molecular complexity index is 2020. The maximum Gasteiger partial charge on any atom is 0.202 e. The van der Waals surface area contributed by atoms with E-state index < -0.39 is 17.1 Å². The molecule has 1 N–H and O–H groups in total. The number of nitrogens with zero attached hydrogens (tertiary/aromatic N) is 2. The summed E-state index contributed by atoms with van der Waals surface area (Å²) >= 11 is 0. The Morgan fingerprint density at radius 1 is 0.891 bits per heavy atom. The van der Waals surface area contributed by atoms with Gasteiger partial charge in [-0.3, -0.25) is 14.5 Å². The van der Waals surface area contributed by atoms with Gasteiger partial charge in [-0.25, -0.2) is 0 Å². The predicted octanol–water partition coefficient (Wildman–Crippen LogP) is 4.19. The van der Waals surface area contributed by atoms with Crippen LogP contribution in [0.15, 0.2) is 36.4 Å². The minimum absolute atomic E-state index is 0.0785. The SMILES string of the molecule is COc1ccc2c(c1O)Oc1c(OC)ccc3c1C1=C2C(=O)[C@]2(C[C@H]4[C@H]5C(=O)c6ccc(OC)c7c6[C@@]4(CCN5C)[C@H]2O7)N1CC3. The summed E-state index contributed by atoms with van der Waals surface area (Å²) in [7, 11) is 6.69. The van der Waals surface area contributed by atoms with Crippen molar-refractivity contribution in [1.82, 2.24) is 9.80 Å². The average Bonchev–Trinajstić information content (AvgIpc) is 3.60. The third-order valence-corrected chi connectivity index (χ3v) is 12.1. The molecule has 0 unspecified atom stereocenters. The van der Waals surface area contributed by atoms with Gasteiger partial charge < -0.3 is 33.7 Å². The van der Waals surface area contributed by atoms with Crippen molar-refractivity contribution in [2.24, 2.45) is 5.92 Å². The quantitative estimate of drug-likeness (QED) is 0.458. The Hall–Kier alpha value is -4.70. The first-order valence-electron chi connectivity index (χ1n) is 15.8. The Labute approximate surface area is 265 Å². The van der Waals surface area contributed by atoms with E-state index in [4.69, 9.17) is 23.7 Å². The second kappa shape index (κ2) is 8.36. The lowest BCUT2D eigenvalue weighted by molar-refractivity contribution is -0.126. The van der Waals surface area contributed by atoms with Gasteiger partial charge in [0.25, 0.3) is 0 Å².